The summed E-state index contributed by atoms with van der Waals surface area (Å²) in [5.41, 5.74) is 0.228. The highest BCUT2D eigenvalue weighted by molar-refractivity contribution is 5.89. The lowest BCUT2D eigenvalue weighted by Crippen LogP contribution is -2.58. The van der Waals surface area contributed by atoms with Gasteiger partial charge in [-0.3, -0.25) is 9.59 Å². The summed E-state index contributed by atoms with van der Waals surface area (Å²) >= 11 is 0. The molecule has 174 valence electrons. The minimum absolute atomic E-state index is 0.0226. The number of carbonyl (C=O) groups is 2. The van der Waals surface area contributed by atoms with Crippen molar-refractivity contribution in [2.45, 2.75) is 49.0 Å². The van der Waals surface area contributed by atoms with Crippen LogP contribution < -0.4 is 0 Å². The molecule has 5 nitrogen and oxygen atoms in total. The lowest BCUT2D eigenvalue weighted by Gasteiger charge is -2.46. The first-order valence-electron chi connectivity index (χ1n) is 11.9. The van der Waals surface area contributed by atoms with E-state index in [0.29, 0.717) is 51.1 Å². The maximum atomic E-state index is 15.0. The lowest BCUT2D eigenvalue weighted by molar-refractivity contribution is -0.144. The van der Waals surface area contributed by atoms with Crippen LogP contribution in [0.25, 0.3) is 0 Å². The predicted octanol–water partition coefficient (Wildman–Crippen LogP) is 3.88. The van der Waals surface area contributed by atoms with E-state index in [1.807, 2.05) is 35.0 Å². The molecule has 2 aromatic rings. The number of nitrogens with zero attached hydrogens (tertiary/aromatic N) is 2. The molecule has 5 rings (SSSR count). The zero-order valence-corrected chi connectivity index (χ0v) is 19.1. The molecular formula is C27H31FN2O3. The third-order valence-corrected chi connectivity index (χ3v) is 8.19. The highest BCUT2D eigenvalue weighted by atomic mass is 19.1. The van der Waals surface area contributed by atoms with E-state index in [2.05, 4.69) is 12.1 Å². The van der Waals surface area contributed by atoms with Gasteiger partial charge < -0.3 is 14.5 Å². The van der Waals surface area contributed by atoms with Gasteiger partial charge in [-0.2, -0.15) is 0 Å². The number of benzene rings is 2. The number of likely N-dealkylation sites (N-methyl/N-ethyl adjacent to an activating group) is 1. The van der Waals surface area contributed by atoms with Crippen molar-refractivity contribution in [2.24, 2.45) is 0 Å². The number of amides is 2. The van der Waals surface area contributed by atoms with Crippen molar-refractivity contribution in [1.29, 1.82) is 0 Å². The summed E-state index contributed by atoms with van der Waals surface area (Å²) in [5.74, 6) is -0.230. The molecule has 0 bridgehead atoms. The van der Waals surface area contributed by atoms with Gasteiger partial charge in [-0.1, -0.05) is 48.5 Å². The van der Waals surface area contributed by atoms with Crippen LogP contribution in [0.4, 0.5) is 4.39 Å². The van der Waals surface area contributed by atoms with E-state index in [1.54, 1.807) is 18.2 Å². The fraction of sp³-hybridized carbons (Fsp3) is 0.481. The largest absolute Gasteiger partial charge is 0.381 e. The molecule has 3 saturated heterocycles. The topological polar surface area (TPSA) is 49.9 Å². The van der Waals surface area contributed by atoms with Gasteiger partial charge >= 0.3 is 0 Å². The number of rotatable bonds is 3. The monoisotopic (exact) mass is 450 g/mol. The van der Waals surface area contributed by atoms with Crippen LogP contribution in [0.5, 0.6) is 0 Å². The van der Waals surface area contributed by atoms with Gasteiger partial charge in [-0.25, -0.2) is 4.39 Å². The summed E-state index contributed by atoms with van der Waals surface area (Å²) in [6, 6.07) is 16.8. The minimum Gasteiger partial charge on any atom is -0.381 e. The predicted molar refractivity (Wildman–Crippen MR) is 123 cm³/mol. The number of likely N-dealkylation sites (tertiary alicyclic amines) is 2. The van der Waals surface area contributed by atoms with Gasteiger partial charge in [0, 0.05) is 51.3 Å². The summed E-state index contributed by atoms with van der Waals surface area (Å²) in [6.07, 6.45) is 3.14. The van der Waals surface area contributed by atoms with Crippen molar-refractivity contribution in [3.05, 3.63) is 71.5 Å². The third kappa shape index (κ3) is 3.55. The third-order valence-electron chi connectivity index (χ3n) is 8.19. The summed E-state index contributed by atoms with van der Waals surface area (Å²) in [4.78, 5) is 30.9. The Hall–Kier alpha value is -2.73. The maximum Gasteiger partial charge on any atom is 0.233 e. The average molecular weight is 451 g/mol. The Bertz CT molecular complexity index is 1040. The Morgan fingerprint density at radius 3 is 2.45 bits per heavy atom. The summed E-state index contributed by atoms with van der Waals surface area (Å²) in [6.45, 7) is 1.86. The number of carbonyl (C=O) groups excluding carboxylic acids is 2. The molecule has 6 heteroatoms. The van der Waals surface area contributed by atoms with Crippen LogP contribution in [0, 0.1) is 5.82 Å². The Balaban J connectivity index is 1.55. The van der Waals surface area contributed by atoms with Crippen molar-refractivity contribution in [2.75, 3.05) is 33.4 Å². The van der Waals surface area contributed by atoms with Crippen LogP contribution in [0.2, 0.25) is 0 Å². The standard InChI is InChI=1S/C27H31FN2O3/c1-29-24(31)12-7-13-27(29)19-30(18-22(27)20-8-3-2-4-9-20)25(32)26(14-16-33-17-15-26)21-10-5-6-11-23(21)28/h2-6,8-11,22H,7,12-19H2,1H3/t22-,27+/m0/s1. The van der Waals surface area contributed by atoms with Gasteiger partial charge in [-0.15, -0.1) is 0 Å². The van der Waals surface area contributed by atoms with Crippen LogP contribution >= 0.6 is 0 Å². The highest BCUT2D eigenvalue weighted by Gasteiger charge is 2.56. The van der Waals surface area contributed by atoms with Gasteiger partial charge in [0.25, 0.3) is 0 Å². The first kappa shape index (κ1) is 22.1. The van der Waals surface area contributed by atoms with Crippen molar-refractivity contribution < 1.29 is 18.7 Å². The van der Waals surface area contributed by atoms with Crippen molar-refractivity contribution in [3.8, 4) is 0 Å². The fourth-order valence-corrected chi connectivity index (χ4v) is 6.34. The molecule has 3 aliphatic rings. The zero-order chi connectivity index (χ0) is 23.1. The molecule has 0 unspecified atom stereocenters. The Morgan fingerprint density at radius 1 is 1.03 bits per heavy atom. The molecule has 3 fully saturated rings. The van der Waals surface area contributed by atoms with Gasteiger partial charge in [-0.05, 0) is 37.3 Å². The van der Waals surface area contributed by atoms with Crippen LogP contribution in [-0.2, 0) is 19.7 Å². The quantitative estimate of drug-likeness (QED) is 0.713. The number of hydrogen-bond acceptors (Lipinski definition) is 3. The van der Waals surface area contributed by atoms with E-state index in [0.717, 1.165) is 18.4 Å². The van der Waals surface area contributed by atoms with Crippen LogP contribution in [-0.4, -0.2) is 60.5 Å². The second-order valence-corrected chi connectivity index (χ2v) is 9.73. The molecule has 33 heavy (non-hydrogen) atoms. The Labute approximate surface area is 194 Å². The molecule has 2 aromatic carbocycles. The van der Waals surface area contributed by atoms with Gasteiger partial charge in [0.2, 0.25) is 11.8 Å². The van der Waals surface area contributed by atoms with E-state index in [9.17, 15) is 9.59 Å². The first-order chi connectivity index (χ1) is 16.0. The molecular weight excluding hydrogens is 419 g/mol. The second-order valence-electron chi connectivity index (χ2n) is 9.73. The molecule has 3 aliphatic heterocycles. The second kappa shape index (κ2) is 8.56. The van der Waals surface area contributed by atoms with Gasteiger partial charge in [0.05, 0.1) is 11.0 Å². The zero-order valence-electron chi connectivity index (χ0n) is 19.1. The molecule has 0 saturated carbocycles. The fourth-order valence-electron chi connectivity index (χ4n) is 6.34. The molecule has 2 amide bonds. The van der Waals surface area contributed by atoms with Crippen LogP contribution in [0.3, 0.4) is 0 Å². The van der Waals surface area contributed by atoms with Gasteiger partial charge in [0.1, 0.15) is 5.82 Å². The van der Waals surface area contributed by atoms with E-state index in [1.165, 1.54) is 6.07 Å². The number of ether oxygens (including phenoxy) is 1. The van der Waals surface area contributed by atoms with Crippen molar-refractivity contribution >= 4 is 11.8 Å². The summed E-state index contributed by atoms with van der Waals surface area (Å²) in [5, 5.41) is 0. The normalized spacial score (nSPS) is 27.2. The Kier molecular flexibility index (Phi) is 5.73. The van der Waals surface area contributed by atoms with Gasteiger partial charge in [0.15, 0.2) is 0 Å². The molecule has 3 heterocycles. The first-order valence-corrected chi connectivity index (χ1v) is 11.9. The van der Waals surface area contributed by atoms with E-state index >= 15 is 4.39 Å². The number of halogens is 1. The SMILES string of the molecule is CN1C(=O)CCC[C@]12CN(C(=O)C1(c3ccccc3F)CCOCC1)C[C@H]2c1ccccc1. The number of piperidine rings is 1. The molecule has 1 spiro atoms. The Morgan fingerprint density at radius 2 is 1.73 bits per heavy atom. The minimum atomic E-state index is -0.937. The summed E-state index contributed by atoms with van der Waals surface area (Å²) < 4.78 is 20.6. The molecule has 0 aromatic heterocycles. The highest BCUT2D eigenvalue weighted by Crippen LogP contribution is 2.48. The number of hydrogen-bond donors (Lipinski definition) is 0. The van der Waals surface area contributed by atoms with E-state index in [4.69, 9.17) is 4.74 Å². The summed E-state index contributed by atoms with van der Waals surface area (Å²) in [7, 11) is 1.88. The molecule has 0 aliphatic carbocycles. The van der Waals surface area contributed by atoms with E-state index < -0.39 is 11.0 Å². The molecule has 2 atom stereocenters. The lowest BCUT2D eigenvalue weighted by atomic mass is 9.72. The van der Waals surface area contributed by atoms with Crippen molar-refractivity contribution in [1.82, 2.24) is 9.80 Å². The smallest absolute Gasteiger partial charge is 0.233 e. The maximum absolute atomic E-state index is 15.0. The van der Waals surface area contributed by atoms with Crippen LogP contribution in [0.15, 0.2) is 54.6 Å². The van der Waals surface area contributed by atoms with Crippen LogP contribution in [0.1, 0.15) is 49.1 Å². The van der Waals surface area contributed by atoms with Crippen molar-refractivity contribution in [3.63, 3.8) is 0 Å². The molecule has 0 N–H and O–H groups in total. The molecule has 0 radical (unpaired) electrons. The van der Waals surface area contributed by atoms with E-state index in [-0.39, 0.29) is 23.5 Å². The average Bonchev–Trinajstić information content (AvgIpc) is 3.23.